The second-order valence-corrected chi connectivity index (χ2v) is 7.22. The lowest BCUT2D eigenvalue weighted by atomic mass is 10.1. The fourth-order valence-corrected chi connectivity index (χ4v) is 2.45. The second kappa shape index (κ2) is 11.4. The van der Waals surface area contributed by atoms with Crippen molar-refractivity contribution in [1.82, 2.24) is 0 Å². The number of esters is 1. The summed E-state index contributed by atoms with van der Waals surface area (Å²) >= 11 is 0. The van der Waals surface area contributed by atoms with E-state index in [2.05, 4.69) is 6.92 Å². The van der Waals surface area contributed by atoms with Crippen LogP contribution in [0.4, 0.5) is 0 Å². The fourth-order valence-electron chi connectivity index (χ4n) is 2.45. The Morgan fingerprint density at radius 3 is 2.22 bits per heavy atom. The van der Waals surface area contributed by atoms with Gasteiger partial charge in [0.15, 0.2) is 6.10 Å². The molecule has 136 valence electrons. The third-order valence-electron chi connectivity index (χ3n) is 3.49. The normalized spacial score (nSPS) is 14.3. The summed E-state index contributed by atoms with van der Waals surface area (Å²) in [7, 11) is 5.67. The van der Waals surface area contributed by atoms with Crippen LogP contribution < -0.4 is 5.11 Å². The number of rotatable bonds is 13. The van der Waals surface area contributed by atoms with Gasteiger partial charge in [0.25, 0.3) is 0 Å². The Morgan fingerprint density at radius 2 is 1.70 bits per heavy atom. The number of hydrogen-bond donors (Lipinski definition) is 1. The van der Waals surface area contributed by atoms with Crippen molar-refractivity contribution in [2.75, 3.05) is 27.7 Å². The van der Waals surface area contributed by atoms with Crippen LogP contribution in [0.1, 0.15) is 58.3 Å². The van der Waals surface area contributed by atoms with Crippen LogP contribution in [-0.4, -0.2) is 61.4 Å². The summed E-state index contributed by atoms with van der Waals surface area (Å²) in [6.07, 6.45) is 4.13. The van der Waals surface area contributed by atoms with Gasteiger partial charge in [-0.15, -0.1) is 0 Å². The van der Waals surface area contributed by atoms with Gasteiger partial charge in [0, 0.05) is 12.4 Å². The van der Waals surface area contributed by atoms with Crippen LogP contribution in [0, 0.1) is 0 Å². The van der Waals surface area contributed by atoms with Crippen molar-refractivity contribution in [2.24, 2.45) is 0 Å². The molecule has 0 unspecified atom stereocenters. The van der Waals surface area contributed by atoms with Gasteiger partial charge in [0.2, 0.25) is 0 Å². The fraction of sp³-hybridized carbons (Fsp3) is 0.882. The number of carboxylic acids is 1. The molecule has 0 saturated carbocycles. The highest BCUT2D eigenvalue weighted by atomic mass is 16.5. The first-order valence-electron chi connectivity index (χ1n) is 8.52. The molecule has 6 heteroatoms. The zero-order valence-electron chi connectivity index (χ0n) is 15.0. The van der Waals surface area contributed by atoms with Crippen molar-refractivity contribution >= 4 is 11.9 Å². The first kappa shape index (κ1) is 21.9. The van der Waals surface area contributed by atoms with Gasteiger partial charge < -0.3 is 24.2 Å². The highest BCUT2D eigenvalue weighted by Gasteiger charge is 2.23. The molecule has 0 aliphatic heterocycles. The Balaban J connectivity index is 4.16. The molecule has 0 bridgehead atoms. The van der Waals surface area contributed by atoms with E-state index >= 15 is 0 Å². The molecule has 0 amide bonds. The van der Waals surface area contributed by atoms with Crippen LogP contribution in [0.5, 0.6) is 0 Å². The first-order valence-corrected chi connectivity index (χ1v) is 8.52. The van der Waals surface area contributed by atoms with Gasteiger partial charge in [0.05, 0.1) is 33.7 Å². The van der Waals surface area contributed by atoms with Crippen LogP contribution in [-0.2, 0) is 14.3 Å². The number of aliphatic hydroxyl groups excluding tert-OH is 1. The smallest absolute Gasteiger partial charge is 0.308 e. The van der Waals surface area contributed by atoms with Crippen molar-refractivity contribution in [3.05, 3.63) is 0 Å². The van der Waals surface area contributed by atoms with Gasteiger partial charge in [-0.2, -0.15) is 0 Å². The highest BCUT2D eigenvalue weighted by molar-refractivity contribution is 5.71. The van der Waals surface area contributed by atoms with Gasteiger partial charge in [-0.1, -0.05) is 39.0 Å². The Bertz CT molecular complexity index is 351. The van der Waals surface area contributed by atoms with E-state index in [0.29, 0.717) is 17.4 Å². The molecule has 23 heavy (non-hydrogen) atoms. The number of nitrogens with zero attached hydrogens (tertiary/aromatic N) is 1. The summed E-state index contributed by atoms with van der Waals surface area (Å²) in [6, 6.07) is 0. The molecule has 2 atom stereocenters. The summed E-state index contributed by atoms with van der Waals surface area (Å²) < 4.78 is 5.69. The van der Waals surface area contributed by atoms with Crippen LogP contribution >= 0.6 is 0 Å². The van der Waals surface area contributed by atoms with E-state index in [1.54, 1.807) is 0 Å². The monoisotopic (exact) mass is 331 g/mol. The molecule has 0 spiro atoms. The van der Waals surface area contributed by atoms with E-state index in [1.807, 2.05) is 21.1 Å². The molecule has 0 aromatic carbocycles. The van der Waals surface area contributed by atoms with Gasteiger partial charge in [0.1, 0.15) is 6.54 Å². The summed E-state index contributed by atoms with van der Waals surface area (Å²) in [5, 5.41) is 20.6. The minimum atomic E-state index is -1.24. The van der Waals surface area contributed by atoms with E-state index in [0.717, 1.165) is 19.3 Å². The van der Waals surface area contributed by atoms with Crippen molar-refractivity contribution < 1.29 is 29.0 Å². The number of carbonyl (C=O) groups excluding carboxylic acids is 2. The molecule has 0 rings (SSSR count). The number of ether oxygens (including phenoxy) is 1. The first-order chi connectivity index (χ1) is 10.6. The third-order valence-corrected chi connectivity index (χ3v) is 3.49. The Morgan fingerprint density at radius 1 is 1.09 bits per heavy atom. The predicted molar refractivity (Wildman–Crippen MR) is 86.4 cm³/mol. The Kier molecular flexibility index (Phi) is 10.8. The molecule has 0 aliphatic carbocycles. The van der Waals surface area contributed by atoms with Gasteiger partial charge in [-0.3, -0.25) is 4.79 Å². The average Bonchev–Trinajstić information content (AvgIpc) is 2.35. The van der Waals surface area contributed by atoms with Gasteiger partial charge >= 0.3 is 5.97 Å². The number of likely N-dealkylation sites (N-methyl/N-ethyl adjacent to an activating group) is 1. The molecule has 0 saturated heterocycles. The molecule has 0 radical (unpaired) electrons. The standard InChI is InChI=1S/C17H33NO5/c1-5-6-7-8-9-10-14(19)11-17(22)23-15(12-16(20)21)13-18(2,3)4/h14-15,19H,5-13H2,1-4H3/t14-,15-/m1/s1. The number of hydrogen-bond acceptors (Lipinski definition) is 5. The van der Waals surface area contributed by atoms with Crippen LogP contribution in [0.25, 0.3) is 0 Å². The lowest BCUT2D eigenvalue weighted by molar-refractivity contribution is -0.873. The van der Waals surface area contributed by atoms with Crippen molar-refractivity contribution in [1.29, 1.82) is 0 Å². The second-order valence-electron chi connectivity index (χ2n) is 7.22. The van der Waals surface area contributed by atoms with Gasteiger partial charge in [-0.25, -0.2) is 0 Å². The zero-order valence-corrected chi connectivity index (χ0v) is 15.0. The minimum absolute atomic E-state index is 0.0888. The maximum absolute atomic E-state index is 11.9. The molecule has 6 nitrogen and oxygen atoms in total. The van der Waals surface area contributed by atoms with E-state index < -0.39 is 24.1 Å². The molecule has 0 heterocycles. The summed E-state index contributed by atoms with van der Waals surface area (Å²) in [5.74, 6) is -1.79. The molecule has 0 aromatic rings. The lowest BCUT2D eigenvalue weighted by Gasteiger charge is -2.29. The van der Waals surface area contributed by atoms with E-state index in [9.17, 15) is 19.8 Å². The summed E-state index contributed by atoms with van der Waals surface area (Å²) in [5.41, 5.74) is 0. The average molecular weight is 331 g/mol. The number of unbranched alkanes of at least 4 members (excludes halogenated alkanes) is 4. The molecular weight excluding hydrogens is 298 g/mol. The number of quaternary nitrogens is 1. The number of aliphatic carboxylic acids is 1. The molecular formula is C17H33NO5. The number of carboxylic acid groups (broad SMARTS) is 1. The molecule has 0 fully saturated rings. The SMILES string of the molecule is CCCCCCC[C@@H](O)CC(=O)O[C@H](CC(=O)[O-])C[N+](C)(C)C. The van der Waals surface area contributed by atoms with E-state index in [4.69, 9.17) is 4.74 Å². The van der Waals surface area contributed by atoms with Crippen LogP contribution in [0.2, 0.25) is 0 Å². The van der Waals surface area contributed by atoms with Gasteiger partial charge in [-0.05, 0) is 6.42 Å². The van der Waals surface area contributed by atoms with Crippen LogP contribution in [0.3, 0.4) is 0 Å². The lowest BCUT2D eigenvalue weighted by Crippen LogP contribution is -2.45. The third kappa shape index (κ3) is 14.2. The maximum atomic E-state index is 11.9. The van der Waals surface area contributed by atoms with Crippen LogP contribution in [0.15, 0.2) is 0 Å². The summed E-state index contributed by atoms with van der Waals surface area (Å²) in [4.78, 5) is 22.6. The molecule has 1 N–H and O–H groups in total. The topological polar surface area (TPSA) is 86.7 Å². The zero-order chi connectivity index (χ0) is 17.9. The van der Waals surface area contributed by atoms with Crippen molar-refractivity contribution in [2.45, 2.75) is 70.5 Å². The Labute approximate surface area is 140 Å². The Hall–Kier alpha value is -1.14. The maximum Gasteiger partial charge on any atom is 0.308 e. The number of carbonyl (C=O) groups is 2. The van der Waals surface area contributed by atoms with E-state index in [-0.39, 0.29) is 12.8 Å². The molecule has 0 aromatic heterocycles. The number of aliphatic hydroxyl groups is 1. The largest absolute Gasteiger partial charge is 0.550 e. The highest BCUT2D eigenvalue weighted by Crippen LogP contribution is 2.11. The summed E-state index contributed by atoms with van der Waals surface area (Å²) in [6.45, 7) is 2.52. The van der Waals surface area contributed by atoms with E-state index in [1.165, 1.54) is 12.8 Å². The quantitative estimate of drug-likeness (QED) is 0.307. The molecule has 0 aliphatic rings. The minimum Gasteiger partial charge on any atom is -0.550 e. The van der Waals surface area contributed by atoms with Crippen molar-refractivity contribution in [3.63, 3.8) is 0 Å². The van der Waals surface area contributed by atoms with Crippen molar-refractivity contribution in [3.8, 4) is 0 Å². The predicted octanol–water partition coefficient (Wildman–Crippen LogP) is 0.856.